The van der Waals surface area contributed by atoms with E-state index in [9.17, 15) is 4.79 Å². The molecule has 0 radical (unpaired) electrons. The van der Waals surface area contributed by atoms with E-state index in [2.05, 4.69) is 24.3 Å². The van der Waals surface area contributed by atoms with Gasteiger partial charge in [0.25, 0.3) is 5.91 Å². The van der Waals surface area contributed by atoms with Crippen molar-refractivity contribution in [2.24, 2.45) is 0 Å². The summed E-state index contributed by atoms with van der Waals surface area (Å²) in [5.41, 5.74) is 4.95. The zero-order valence-electron chi connectivity index (χ0n) is 16.7. The number of carbonyl (C=O) groups excluding carboxylic acids is 1. The van der Waals surface area contributed by atoms with Crippen molar-refractivity contribution in [2.75, 3.05) is 34.4 Å². The summed E-state index contributed by atoms with van der Waals surface area (Å²) in [5, 5.41) is 0. The predicted octanol–water partition coefficient (Wildman–Crippen LogP) is 1.61. The molecule has 0 aliphatic carbocycles. The van der Waals surface area contributed by atoms with Crippen LogP contribution < -0.4 is 14.4 Å². The molecule has 2 aromatic carbocycles. The highest BCUT2D eigenvalue weighted by Gasteiger charge is 2.23. The minimum absolute atomic E-state index is 0.165. The standard InChI is InChI=1S/C22H28N2O3/c1-16-11-20(26-3)21(27-4)12-19(16)13-23(2)22(25)15-24-10-9-17-7-5-6-8-18(17)14-24/h5-8,11-12H,9-10,13-15H2,1-4H3/p+1. The third-order valence-electron chi connectivity index (χ3n) is 5.38. The number of fused-ring (bicyclic) bond motifs is 1. The fourth-order valence-electron chi connectivity index (χ4n) is 3.68. The molecule has 1 N–H and O–H groups in total. The van der Waals surface area contributed by atoms with E-state index in [1.54, 1.807) is 14.2 Å². The highest BCUT2D eigenvalue weighted by atomic mass is 16.5. The Hall–Kier alpha value is -2.53. The second-order valence-electron chi connectivity index (χ2n) is 7.26. The number of aryl methyl sites for hydroxylation is 1. The fourth-order valence-corrected chi connectivity index (χ4v) is 3.68. The molecule has 5 nitrogen and oxygen atoms in total. The first kappa shape index (κ1) is 19.2. The van der Waals surface area contributed by atoms with Crippen LogP contribution in [0.4, 0.5) is 0 Å². The van der Waals surface area contributed by atoms with Crippen LogP contribution in [0.25, 0.3) is 0 Å². The maximum Gasteiger partial charge on any atom is 0.277 e. The number of amides is 1. The normalized spacial score (nSPS) is 15.8. The molecule has 1 unspecified atom stereocenters. The lowest BCUT2D eigenvalue weighted by Crippen LogP contribution is -3.12. The Kier molecular flexibility index (Phi) is 6.01. The molecular formula is C22H29N2O3+. The van der Waals surface area contributed by atoms with Crippen LogP contribution in [-0.4, -0.2) is 45.2 Å². The van der Waals surface area contributed by atoms with Gasteiger partial charge in [-0.1, -0.05) is 24.3 Å². The highest BCUT2D eigenvalue weighted by Crippen LogP contribution is 2.30. The van der Waals surface area contributed by atoms with Gasteiger partial charge in [-0.3, -0.25) is 4.79 Å². The van der Waals surface area contributed by atoms with Crippen LogP contribution in [-0.2, 0) is 24.3 Å². The van der Waals surface area contributed by atoms with E-state index in [1.165, 1.54) is 16.0 Å². The lowest BCUT2D eigenvalue weighted by atomic mass is 10.00. The van der Waals surface area contributed by atoms with Crippen molar-refractivity contribution in [3.05, 3.63) is 58.7 Å². The van der Waals surface area contributed by atoms with E-state index in [-0.39, 0.29) is 5.91 Å². The molecule has 0 spiro atoms. The van der Waals surface area contributed by atoms with Crippen LogP contribution in [0.5, 0.6) is 11.5 Å². The number of methoxy groups -OCH3 is 2. The van der Waals surface area contributed by atoms with Crippen molar-refractivity contribution in [1.82, 2.24) is 4.90 Å². The van der Waals surface area contributed by atoms with Gasteiger partial charge in [0.05, 0.1) is 20.8 Å². The number of hydrogen-bond acceptors (Lipinski definition) is 3. The highest BCUT2D eigenvalue weighted by molar-refractivity contribution is 5.76. The molecule has 1 aliphatic heterocycles. The van der Waals surface area contributed by atoms with Gasteiger partial charge in [0.2, 0.25) is 0 Å². The quantitative estimate of drug-likeness (QED) is 0.841. The number of ether oxygens (including phenoxy) is 2. The van der Waals surface area contributed by atoms with Crippen LogP contribution in [0.2, 0.25) is 0 Å². The molecule has 0 bridgehead atoms. The van der Waals surface area contributed by atoms with Crippen LogP contribution in [0.15, 0.2) is 36.4 Å². The van der Waals surface area contributed by atoms with Crippen molar-refractivity contribution in [3.63, 3.8) is 0 Å². The second kappa shape index (κ2) is 8.44. The number of likely N-dealkylation sites (N-methyl/N-ethyl adjacent to an activating group) is 1. The molecule has 1 amide bonds. The Morgan fingerprint density at radius 1 is 1.11 bits per heavy atom. The van der Waals surface area contributed by atoms with E-state index < -0.39 is 0 Å². The Morgan fingerprint density at radius 2 is 1.78 bits per heavy atom. The van der Waals surface area contributed by atoms with Crippen LogP contribution in [0.1, 0.15) is 22.3 Å². The Balaban J connectivity index is 1.63. The van der Waals surface area contributed by atoms with E-state index in [4.69, 9.17) is 9.47 Å². The SMILES string of the molecule is COc1cc(C)c(CN(C)C(=O)C[NH+]2CCc3ccccc3C2)cc1OC. The van der Waals surface area contributed by atoms with Crippen molar-refractivity contribution in [1.29, 1.82) is 0 Å². The zero-order chi connectivity index (χ0) is 19.4. The smallest absolute Gasteiger partial charge is 0.277 e. The van der Waals surface area contributed by atoms with Gasteiger partial charge >= 0.3 is 0 Å². The number of rotatable bonds is 6. The van der Waals surface area contributed by atoms with Gasteiger partial charge < -0.3 is 19.3 Å². The summed E-state index contributed by atoms with van der Waals surface area (Å²) in [6, 6.07) is 12.5. The first-order valence-electron chi connectivity index (χ1n) is 9.37. The molecule has 0 aromatic heterocycles. The van der Waals surface area contributed by atoms with E-state index in [1.807, 2.05) is 31.0 Å². The molecule has 27 heavy (non-hydrogen) atoms. The first-order chi connectivity index (χ1) is 13.0. The van der Waals surface area contributed by atoms with Gasteiger partial charge in [0.15, 0.2) is 18.0 Å². The monoisotopic (exact) mass is 369 g/mol. The van der Waals surface area contributed by atoms with Crippen molar-refractivity contribution in [3.8, 4) is 11.5 Å². The summed E-state index contributed by atoms with van der Waals surface area (Å²) in [4.78, 5) is 15.9. The van der Waals surface area contributed by atoms with Crippen LogP contribution >= 0.6 is 0 Å². The number of quaternary nitrogens is 1. The van der Waals surface area contributed by atoms with Crippen LogP contribution in [0.3, 0.4) is 0 Å². The summed E-state index contributed by atoms with van der Waals surface area (Å²) in [6.07, 6.45) is 1.04. The summed E-state index contributed by atoms with van der Waals surface area (Å²) in [6.45, 7) is 5.05. The minimum Gasteiger partial charge on any atom is -0.493 e. The molecule has 1 atom stereocenters. The first-order valence-corrected chi connectivity index (χ1v) is 9.37. The lowest BCUT2D eigenvalue weighted by molar-refractivity contribution is -0.908. The fraction of sp³-hybridized carbons (Fsp3) is 0.409. The Morgan fingerprint density at radius 3 is 2.48 bits per heavy atom. The van der Waals surface area contributed by atoms with Gasteiger partial charge in [0, 0.05) is 25.6 Å². The van der Waals surface area contributed by atoms with Gasteiger partial charge in [-0.25, -0.2) is 0 Å². The number of benzene rings is 2. The van der Waals surface area contributed by atoms with E-state index >= 15 is 0 Å². The summed E-state index contributed by atoms with van der Waals surface area (Å²) in [7, 11) is 5.13. The third-order valence-corrected chi connectivity index (χ3v) is 5.38. The van der Waals surface area contributed by atoms with Crippen molar-refractivity contribution < 1.29 is 19.2 Å². The molecule has 1 heterocycles. The zero-order valence-corrected chi connectivity index (χ0v) is 16.7. The van der Waals surface area contributed by atoms with Crippen molar-refractivity contribution >= 4 is 5.91 Å². The molecule has 1 aliphatic rings. The lowest BCUT2D eigenvalue weighted by Gasteiger charge is -2.27. The number of nitrogens with zero attached hydrogens (tertiary/aromatic N) is 1. The van der Waals surface area contributed by atoms with Gasteiger partial charge in [-0.05, 0) is 35.7 Å². The van der Waals surface area contributed by atoms with E-state index in [0.717, 1.165) is 30.6 Å². The number of nitrogens with one attached hydrogen (secondary N) is 1. The Bertz CT molecular complexity index is 819. The predicted molar refractivity (Wildman–Crippen MR) is 105 cm³/mol. The Labute approximate surface area is 161 Å². The molecular weight excluding hydrogens is 340 g/mol. The van der Waals surface area contributed by atoms with Crippen LogP contribution in [0, 0.1) is 6.92 Å². The summed E-state index contributed by atoms with van der Waals surface area (Å²) >= 11 is 0. The number of carbonyl (C=O) groups is 1. The largest absolute Gasteiger partial charge is 0.493 e. The van der Waals surface area contributed by atoms with Crippen molar-refractivity contribution in [2.45, 2.75) is 26.4 Å². The molecule has 5 heteroatoms. The average molecular weight is 369 g/mol. The third kappa shape index (κ3) is 4.42. The minimum atomic E-state index is 0.165. The summed E-state index contributed by atoms with van der Waals surface area (Å²) in [5.74, 6) is 1.57. The molecule has 144 valence electrons. The topological polar surface area (TPSA) is 43.2 Å². The molecule has 2 aromatic rings. The average Bonchev–Trinajstić information content (AvgIpc) is 2.68. The van der Waals surface area contributed by atoms with Gasteiger partial charge in [0.1, 0.15) is 6.54 Å². The molecule has 0 fully saturated rings. The molecule has 0 saturated carbocycles. The maximum absolute atomic E-state index is 12.8. The molecule has 3 rings (SSSR count). The van der Waals surface area contributed by atoms with E-state index in [0.29, 0.717) is 24.6 Å². The van der Waals surface area contributed by atoms with Gasteiger partial charge in [-0.15, -0.1) is 0 Å². The maximum atomic E-state index is 12.8. The second-order valence-corrected chi connectivity index (χ2v) is 7.26. The number of hydrogen-bond donors (Lipinski definition) is 1. The molecule has 0 saturated heterocycles. The van der Waals surface area contributed by atoms with Gasteiger partial charge in [-0.2, -0.15) is 0 Å². The summed E-state index contributed by atoms with van der Waals surface area (Å²) < 4.78 is 10.7.